The molecule has 6 N–H and O–H groups in total. The number of hydrogen-bond acceptors (Lipinski definition) is 3. The Morgan fingerprint density at radius 2 is 1.47 bits per heavy atom. The molecular formula is C14H17N3. The first-order valence-electron chi connectivity index (χ1n) is 5.55. The Labute approximate surface area is 101 Å². The molecule has 0 spiro atoms. The summed E-state index contributed by atoms with van der Waals surface area (Å²) in [4.78, 5) is 0. The molecule has 17 heavy (non-hydrogen) atoms. The third-order valence-corrected chi connectivity index (χ3v) is 2.92. The van der Waals surface area contributed by atoms with Gasteiger partial charge in [-0.1, -0.05) is 12.1 Å². The van der Waals surface area contributed by atoms with Crippen LogP contribution in [-0.4, -0.2) is 0 Å². The van der Waals surface area contributed by atoms with Gasteiger partial charge in [-0.2, -0.15) is 0 Å². The van der Waals surface area contributed by atoms with E-state index in [1.807, 2.05) is 30.3 Å². The highest BCUT2D eigenvalue weighted by molar-refractivity contribution is 5.58. The SMILES string of the molecule is Cc1ccc(N)cc1Cc1ccc(N)cc1N. The molecule has 88 valence electrons. The fourth-order valence-electron chi connectivity index (χ4n) is 1.86. The first kappa shape index (κ1) is 11.3. The van der Waals surface area contributed by atoms with E-state index >= 15 is 0 Å². The number of rotatable bonds is 2. The molecule has 0 atom stereocenters. The van der Waals surface area contributed by atoms with Gasteiger partial charge in [0.1, 0.15) is 0 Å². The summed E-state index contributed by atoms with van der Waals surface area (Å²) in [5.41, 5.74) is 23.1. The van der Waals surface area contributed by atoms with Crippen molar-refractivity contribution in [3.8, 4) is 0 Å². The van der Waals surface area contributed by atoms with E-state index in [1.165, 1.54) is 11.1 Å². The second kappa shape index (κ2) is 4.37. The van der Waals surface area contributed by atoms with Crippen LogP contribution in [0.5, 0.6) is 0 Å². The van der Waals surface area contributed by atoms with Gasteiger partial charge in [-0.3, -0.25) is 0 Å². The Hall–Kier alpha value is -2.16. The summed E-state index contributed by atoms with van der Waals surface area (Å²) in [5, 5.41) is 0. The smallest absolute Gasteiger partial charge is 0.0370 e. The largest absolute Gasteiger partial charge is 0.399 e. The van der Waals surface area contributed by atoms with Crippen LogP contribution in [0.3, 0.4) is 0 Å². The van der Waals surface area contributed by atoms with E-state index in [2.05, 4.69) is 6.92 Å². The predicted molar refractivity (Wildman–Crippen MR) is 73.7 cm³/mol. The van der Waals surface area contributed by atoms with Gasteiger partial charge in [0.05, 0.1) is 0 Å². The maximum Gasteiger partial charge on any atom is 0.0370 e. The molecule has 0 unspecified atom stereocenters. The fraction of sp³-hybridized carbons (Fsp3) is 0.143. The molecule has 0 aliphatic carbocycles. The number of hydrogen-bond donors (Lipinski definition) is 3. The minimum Gasteiger partial charge on any atom is -0.399 e. The zero-order valence-electron chi connectivity index (χ0n) is 9.90. The number of anilines is 3. The topological polar surface area (TPSA) is 78.1 Å². The Bertz CT molecular complexity index is 547. The van der Waals surface area contributed by atoms with Gasteiger partial charge in [0.25, 0.3) is 0 Å². The molecule has 0 aromatic heterocycles. The molecule has 3 nitrogen and oxygen atoms in total. The summed E-state index contributed by atoms with van der Waals surface area (Å²) in [5.74, 6) is 0. The van der Waals surface area contributed by atoms with Gasteiger partial charge in [-0.25, -0.2) is 0 Å². The average molecular weight is 227 g/mol. The highest BCUT2D eigenvalue weighted by Crippen LogP contribution is 2.22. The monoisotopic (exact) mass is 227 g/mol. The Kier molecular flexibility index (Phi) is 2.91. The number of nitrogens with two attached hydrogens (primary N) is 3. The number of aryl methyl sites for hydroxylation is 1. The first-order chi connectivity index (χ1) is 8.06. The summed E-state index contributed by atoms with van der Waals surface area (Å²) in [6.45, 7) is 2.07. The Balaban J connectivity index is 2.34. The second-order valence-corrected chi connectivity index (χ2v) is 4.32. The van der Waals surface area contributed by atoms with Crippen molar-refractivity contribution in [1.82, 2.24) is 0 Å². The third kappa shape index (κ3) is 2.50. The average Bonchev–Trinajstić information content (AvgIpc) is 2.27. The maximum absolute atomic E-state index is 5.95. The van der Waals surface area contributed by atoms with Crippen LogP contribution < -0.4 is 17.2 Å². The Morgan fingerprint density at radius 1 is 0.824 bits per heavy atom. The summed E-state index contributed by atoms with van der Waals surface area (Å²) in [6.07, 6.45) is 0.781. The van der Waals surface area contributed by atoms with Gasteiger partial charge in [0.15, 0.2) is 0 Å². The van der Waals surface area contributed by atoms with E-state index in [1.54, 1.807) is 6.07 Å². The second-order valence-electron chi connectivity index (χ2n) is 4.32. The van der Waals surface area contributed by atoms with Gasteiger partial charge in [-0.15, -0.1) is 0 Å². The molecule has 0 aliphatic heterocycles. The molecule has 2 rings (SSSR count). The fourth-order valence-corrected chi connectivity index (χ4v) is 1.86. The predicted octanol–water partition coefficient (Wildman–Crippen LogP) is 2.33. The van der Waals surface area contributed by atoms with Crippen LogP contribution in [0.2, 0.25) is 0 Å². The number of nitrogen functional groups attached to an aromatic ring is 3. The standard InChI is InChI=1S/C14H17N3/c1-9-2-4-12(15)7-11(9)6-10-3-5-13(16)8-14(10)17/h2-5,7-8H,6,15-17H2,1H3. The van der Waals surface area contributed by atoms with Crippen LogP contribution in [0, 0.1) is 6.92 Å². The van der Waals surface area contributed by atoms with Gasteiger partial charge >= 0.3 is 0 Å². The van der Waals surface area contributed by atoms with Crippen LogP contribution in [0.25, 0.3) is 0 Å². The molecule has 0 amide bonds. The van der Waals surface area contributed by atoms with Gasteiger partial charge in [-0.05, 0) is 54.3 Å². The zero-order chi connectivity index (χ0) is 12.4. The van der Waals surface area contributed by atoms with Crippen LogP contribution in [-0.2, 0) is 6.42 Å². The lowest BCUT2D eigenvalue weighted by molar-refractivity contribution is 1.16. The van der Waals surface area contributed by atoms with E-state index < -0.39 is 0 Å². The lowest BCUT2D eigenvalue weighted by atomic mass is 9.98. The molecule has 0 radical (unpaired) electrons. The molecule has 0 bridgehead atoms. The van der Waals surface area contributed by atoms with Crippen molar-refractivity contribution in [2.75, 3.05) is 17.2 Å². The summed E-state index contributed by atoms with van der Waals surface area (Å²) < 4.78 is 0. The van der Waals surface area contributed by atoms with Crippen molar-refractivity contribution in [1.29, 1.82) is 0 Å². The van der Waals surface area contributed by atoms with Crippen molar-refractivity contribution in [3.05, 3.63) is 53.1 Å². The van der Waals surface area contributed by atoms with Gasteiger partial charge in [0, 0.05) is 17.1 Å². The summed E-state index contributed by atoms with van der Waals surface area (Å²) >= 11 is 0. The van der Waals surface area contributed by atoms with E-state index in [-0.39, 0.29) is 0 Å². The van der Waals surface area contributed by atoms with E-state index in [0.29, 0.717) is 5.69 Å². The van der Waals surface area contributed by atoms with Crippen molar-refractivity contribution in [2.24, 2.45) is 0 Å². The summed E-state index contributed by atoms with van der Waals surface area (Å²) in [6, 6.07) is 11.5. The van der Waals surface area contributed by atoms with E-state index in [9.17, 15) is 0 Å². The molecule has 2 aromatic rings. The Morgan fingerprint density at radius 3 is 2.18 bits per heavy atom. The molecule has 2 aromatic carbocycles. The molecule has 3 heteroatoms. The van der Waals surface area contributed by atoms with Crippen LogP contribution >= 0.6 is 0 Å². The molecule has 0 aliphatic rings. The van der Waals surface area contributed by atoms with E-state index in [0.717, 1.165) is 23.4 Å². The van der Waals surface area contributed by atoms with Crippen molar-refractivity contribution in [2.45, 2.75) is 13.3 Å². The van der Waals surface area contributed by atoms with Crippen LogP contribution in [0.15, 0.2) is 36.4 Å². The molecule has 0 fully saturated rings. The molecule has 0 heterocycles. The van der Waals surface area contributed by atoms with Crippen molar-refractivity contribution >= 4 is 17.1 Å². The normalized spacial score (nSPS) is 10.4. The molecule has 0 saturated heterocycles. The highest BCUT2D eigenvalue weighted by atomic mass is 14.6. The van der Waals surface area contributed by atoms with Crippen LogP contribution in [0.4, 0.5) is 17.1 Å². The maximum atomic E-state index is 5.95. The molecule has 0 saturated carbocycles. The van der Waals surface area contributed by atoms with Crippen molar-refractivity contribution in [3.63, 3.8) is 0 Å². The zero-order valence-corrected chi connectivity index (χ0v) is 9.90. The first-order valence-corrected chi connectivity index (χ1v) is 5.55. The van der Waals surface area contributed by atoms with Crippen LogP contribution in [0.1, 0.15) is 16.7 Å². The van der Waals surface area contributed by atoms with Gasteiger partial charge < -0.3 is 17.2 Å². The molecular weight excluding hydrogens is 210 g/mol. The lowest BCUT2D eigenvalue weighted by Crippen LogP contribution is -1.99. The highest BCUT2D eigenvalue weighted by Gasteiger charge is 2.04. The third-order valence-electron chi connectivity index (χ3n) is 2.92. The van der Waals surface area contributed by atoms with Crippen molar-refractivity contribution < 1.29 is 0 Å². The summed E-state index contributed by atoms with van der Waals surface area (Å²) in [7, 11) is 0. The minimum absolute atomic E-state index is 0.690. The van der Waals surface area contributed by atoms with Gasteiger partial charge in [0.2, 0.25) is 0 Å². The van der Waals surface area contributed by atoms with E-state index in [4.69, 9.17) is 17.2 Å². The minimum atomic E-state index is 0.690. The lowest BCUT2D eigenvalue weighted by Gasteiger charge is -2.10. The number of benzene rings is 2. The quantitative estimate of drug-likeness (QED) is 0.689.